The lowest BCUT2D eigenvalue weighted by Crippen LogP contribution is -2.38. The van der Waals surface area contributed by atoms with Crippen LogP contribution < -0.4 is 0 Å². The lowest BCUT2D eigenvalue weighted by molar-refractivity contribution is -0.156. The summed E-state index contributed by atoms with van der Waals surface area (Å²) in [5.74, 6) is -0.861. The van der Waals surface area contributed by atoms with Crippen molar-refractivity contribution in [2.75, 3.05) is 0 Å². The van der Waals surface area contributed by atoms with Crippen molar-refractivity contribution in [2.45, 2.75) is 131 Å². The van der Waals surface area contributed by atoms with Gasteiger partial charge in [-0.2, -0.15) is 0 Å². The Hall–Kier alpha value is -2.04. The monoisotopic (exact) mass is 476 g/mol. The zero-order chi connectivity index (χ0) is 26.3. The van der Waals surface area contributed by atoms with Crippen LogP contribution in [0.3, 0.4) is 0 Å². The Bertz CT molecular complexity index is 793. The first-order valence-corrected chi connectivity index (χ1v) is 12.9. The van der Waals surface area contributed by atoms with Gasteiger partial charge >= 0.3 is 11.9 Å². The van der Waals surface area contributed by atoms with Gasteiger partial charge in [-0.15, -0.1) is 0 Å². The molecule has 34 heavy (non-hydrogen) atoms. The molecule has 0 fully saturated rings. The van der Waals surface area contributed by atoms with E-state index in [-0.39, 0.29) is 47.6 Å². The number of unbranched alkanes of at least 4 members (excludes halogenated alkanes) is 1. The molecule has 0 saturated carbocycles. The number of aliphatic carboxylic acids is 1. The number of aromatic hydroxyl groups is 1. The number of carboxylic acid groups (broad SMARTS) is 1. The summed E-state index contributed by atoms with van der Waals surface area (Å²) in [6, 6.07) is 4.25. The van der Waals surface area contributed by atoms with Crippen molar-refractivity contribution in [3.8, 4) is 5.75 Å². The minimum Gasteiger partial charge on any atom is -0.507 e. The van der Waals surface area contributed by atoms with E-state index in [4.69, 9.17) is 9.84 Å². The summed E-state index contributed by atoms with van der Waals surface area (Å²) in [6.45, 7) is 19.0. The average Bonchev–Trinajstić information content (AvgIpc) is 2.70. The fraction of sp³-hybridized carbons (Fsp3) is 0.724. The molecule has 0 amide bonds. The Morgan fingerprint density at radius 2 is 1.47 bits per heavy atom. The van der Waals surface area contributed by atoms with E-state index in [1.54, 1.807) is 0 Å². The predicted molar refractivity (Wildman–Crippen MR) is 139 cm³/mol. The first-order valence-electron chi connectivity index (χ1n) is 12.9. The third-order valence-corrected chi connectivity index (χ3v) is 7.02. The first kappa shape index (κ1) is 30.0. The van der Waals surface area contributed by atoms with Crippen molar-refractivity contribution in [1.29, 1.82) is 0 Å². The van der Waals surface area contributed by atoms with E-state index in [0.29, 0.717) is 5.75 Å². The largest absolute Gasteiger partial charge is 0.507 e. The second kappa shape index (κ2) is 12.1. The van der Waals surface area contributed by atoms with Crippen LogP contribution in [0.25, 0.3) is 0 Å². The van der Waals surface area contributed by atoms with Gasteiger partial charge in [0.05, 0.1) is 0 Å². The number of ether oxygens (including phenoxy) is 1. The van der Waals surface area contributed by atoms with Crippen LogP contribution in [0.15, 0.2) is 12.1 Å². The van der Waals surface area contributed by atoms with Gasteiger partial charge < -0.3 is 14.9 Å². The summed E-state index contributed by atoms with van der Waals surface area (Å²) in [6.07, 6.45) is 4.69. The molecule has 0 aromatic heterocycles. The number of benzene rings is 1. The van der Waals surface area contributed by atoms with Gasteiger partial charge in [-0.25, -0.2) is 0 Å². The molecular weight excluding hydrogens is 428 g/mol. The maximum atomic E-state index is 12.5. The Labute approximate surface area is 207 Å². The molecular formula is C29H48O5. The molecule has 2 unspecified atom stereocenters. The molecule has 0 bridgehead atoms. The van der Waals surface area contributed by atoms with Gasteiger partial charge in [-0.05, 0) is 60.1 Å². The van der Waals surface area contributed by atoms with E-state index in [1.165, 1.54) is 0 Å². The number of phenolic OH excluding ortho intramolecular Hbond substituents is 1. The summed E-state index contributed by atoms with van der Waals surface area (Å²) in [5.41, 5.74) is 2.38. The highest BCUT2D eigenvalue weighted by Gasteiger charge is 2.38. The molecule has 1 aromatic carbocycles. The lowest BCUT2D eigenvalue weighted by atomic mass is 9.70. The van der Waals surface area contributed by atoms with Gasteiger partial charge in [0.25, 0.3) is 0 Å². The van der Waals surface area contributed by atoms with Crippen LogP contribution in [0, 0.1) is 5.41 Å². The van der Waals surface area contributed by atoms with Gasteiger partial charge in [-0.1, -0.05) is 80.4 Å². The second-order valence-corrected chi connectivity index (χ2v) is 11.9. The number of rotatable bonds is 12. The van der Waals surface area contributed by atoms with Crippen molar-refractivity contribution in [3.63, 3.8) is 0 Å². The third kappa shape index (κ3) is 8.32. The van der Waals surface area contributed by atoms with Crippen molar-refractivity contribution >= 4 is 11.9 Å². The number of hydrogen-bond donors (Lipinski definition) is 2. The number of carbonyl (C=O) groups is 2. The topological polar surface area (TPSA) is 83.8 Å². The minimum atomic E-state index is -0.900. The maximum absolute atomic E-state index is 12.5. The number of hydrogen-bond acceptors (Lipinski definition) is 4. The quantitative estimate of drug-likeness (QED) is 0.309. The Kier molecular flexibility index (Phi) is 10.7. The molecule has 0 heterocycles. The fourth-order valence-corrected chi connectivity index (χ4v) is 4.66. The predicted octanol–water partition coefficient (Wildman–Crippen LogP) is 7.30. The van der Waals surface area contributed by atoms with Crippen molar-refractivity contribution in [2.24, 2.45) is 5.41 Å². The van der Waals surface area contributed by atoms with Crippen molar-refractivity contribution in [1.82, 2.24) is 0 Å². The minimum absolute atomic E-state index is 0.0308. The van der Waals surface area contributed by atoms with Gasteiger partial charge in [0.1, 0.15) is 11.9 Å². The zero-order valence-corrected chi connectivity index (χ0v) is 23.0. The van der Waals surface area contributed by atoms with Crippen LogP contribution >= 0.6 is 0 Å². The molecule has 194 valence electrons. The number of esters is 1. The van der Waals surface area contributed by atoms with E-state index in [2.05, 4.69) is 67.5 Å². The van der Waals surface area contributed by atoms with Crippen LogP contribution in [0.2, 0.25) is 0 Å². The van der Waals surface area contributed by atoms with Crippen LogP contribution in [-0.2, 0) is 31.6 Å². The van der Waals surface area contributed by atoms with Crippen molar-refractivity contribution < 1.29 is 24.5 Å². The molecule has 0 radical (unpaired) electrons. The van der Waals surface area contributed by atoms with E-state index < -0.39 is 5.97 Å². The molecule has 0 saturated heterocycles. The Morgan fingerprint density at radius 3 is 1.88 bits per heavy atom. The summed E-state index contributed by atoms with van der Waals surface area (Å²) in [4.78, 5) is 23.3. The lowest BCUT2D eigenvalue weighted by Gasteiger charge is -2.39. The highest BCUT2D eigenvalue weighted by Crippen LogP contribution is 2.43. The van der Waals surface area contributed by atoms with Crippen LogP contribution in [0.5, 0.6) is 5.75 Å². The molecule has 2 atom stereocenters. The molecule has 0 aliphatic heterocycles. The molecule has 2 N–H and O–H groups in total. The maximum Gasteiger partial charge on any atom is 0.306 e. The van der Waals surface area contributed by atoms with Gasteiger partial charge in [-0.3, -0.25) is 9.59 Å². The van der Waals surface area contributed by atoms with Gasteiger partial charge in [0.2, 0.25) is 0 Å². The molecule has 5 heteroatoms. The van der Waals surface area contributed by atoms with Crippen molar-refractivity contribution in [3.05, 3.63) is 28.8 Å². The molecule has 0 aliphatic rings. The Balaban J connectivity index is 3.38. The SMILES string of the molecule is CCCCC(CC)(Cc1cc(C(C)(C)C)c(O)c(C(C)(C)C)c1)C(C)OC(=O)CCCC(=O)O. The normalized spacial score (nSPS) is 15.0. The number of phenols is 1. The summed E-state index contributed by atoms with van der Waals surface area (Å²) < 4.78 is 5.90. The molecule has 1 rings (SSSR count). The highest BCUT2D eigenvalue weighted by atomic mass is 16.5. The summed E-state index contributed by atoms with van der Waals surface area (Å²) in [5, 5.41) is 20.0. The number of carboxylic acids is 1. The standard InChI is InChI=1S/C29H48O5/c1-10-12-16-29(11-2,20(3)34-25(32)15-13-14-24(30)31)19-21-17-22(27(4,5)6)26(33)23(18-21)28(7,8)9/h17-18,20,33H,10-16,19H2,1-9H3,(H,30,31). The van der Waals surface area contributed by atoms with E-state index in [9.17, 15) is 14.7 Å². The van der Waals surface area contributed by atoms with Crippen LogP contribution in [0.1, 0.15) is 124 Å². The fourth-order valence-electron chi connectivity index (χ4n) is 4.66. The summed E-state index contributed by atoms with van der Waals surface area (Å²) >= 11 is 0. The van der Waals surface area contributed by atoms with Gasteiger partial charge in [0.15, 0.2) is 0 Å². The smallest absolute Gasteiger partial charge is 0.306 e. The molecule has 0 aliphatic carbocycles. The summed E-state index contributed by atoms with van der Waals surface area (Å²) in [7, 11) is 0. The Morgan fingerprint density at radius 1 is 0.941 bits per heavy atom. The highest BCUT2D eigenvalue weighted by molar-refractivity contribution is 5.71. The number of carbonyl (C=O) groups excluding carboxylic acids is 1. The zero-order valence-electron chi connectivity index (χ0n) is 23.0. The molecule has 5 nitrogen and oxygen atoms in total. The van der Waals surface area contributed by atoms with Gasteiger partial charge in [0, 0.05) is 18.3 Å². The van der Waals surface area contributed by atoms with Crippen LogP contribution in [-0.4, -0.2) is 28.3 Å². The first-order chi connectivity index (χ1) is 15.6. The molecule has 1 aromatic rings. The van der Waals surface area contributed by atoms with E-state index in [0.717, 1.165) is 48.8 Å². The van der Waals surface area contributed by atoms with E-state index in [1.807, 2.05) is 6.92 Å². The average molecular weight is 477 g/mol. The molecule has 0 spiro atoms. The van der Waals surface area contributed by atoms with E-state index >= 15 is 0 Å². The third-order valence-electron chi connectivity index (χ3n) is 7.02. The second-order valence-electron chi connectivity index (χ2n) is 11.9. The van der Waals surface area contributed by atoms with Crippen LogP contribution in [0.4, 0.5) is 0 Å².